The maximum atomic E-state index is 11.0. The molecule has 0 aliphatic rings. The third-order valence-electron chi connectivity index (χ3n) is 2.65. The van der Waals surface area contributed by atoms with Gasteiger partial charge in [0.1, 0.15) is 5.69 Å². The molecule has 2 aromatic rings. The van der Waals surface area contributed by atoms with Crippen LogP contribution in [-0.4, -0.2) is 25.8 Å². The van der Waals surface area contributed by atoms with Gasteiger partial charge in [0.25, 0.3) is 0 Å². The summed E-state index contributed by atoms with van der Waals surface area (Å²) in [6.07, 6.45) is 0.518. The lowest BCUT2D eigenvalue weighted by molar-refractivity contribution is 0.0661. The Morgan fingerprint density at radius 2 is 2.22 bits per heavy atom. The van der Waals surface area contributed by atoms with Crippen LogP contribution >= 0.6 is 0 Å². The quantitative estimate of drug-likeness (QED) is 0.897. The Balaban J connectivity index is 2.54. The number of carboxylic acids is 1. The number of nitrogens with zero attached hydrogens (tertiary/aromatic N) is 3. The first-order valence-corrected chi connectivity index (χ1v) is 5.84. The molecule has 6 heteroatoms. The van der Waals surface area contributed by atoms with Crippen LogP contribution in [0.2, 0.25) is 0 Å². The fourth-order valence-electron chi connectivity index (χ4n) is 1.83. The molecule has 1 N–H and O–H groups in total. The third kappa shape index (κ3) is 2.01. The highest BCUT2D eigenvalue weighted by Gasteiger charge is 2.21. The minimum Gasteiger partial charge on any atom is -0.475 e. The second-order valence-corrected chi connectivity index (χ2v) is 3.94. The van der Waals surface area contributed by atoms with E-state index in [-0.39, 0.29) is 5.76 Å². The highest BCUT2D eigenvalue weighted by atomic mass is 16.4. The molecule has 6 nitrogen and oxygen atoms in total. The van der Waals surface area contributed by atoms with Crippen LogP contribution in [0, 0.1) is 6.92 Å². The second-order valence-electron chi connectivity index (χ2n) is 3.94. The van der Waals surface area contributed by atoms with Crippen molar-refractivity contribution in [1.29, 1.82) is 0 Å². The molecule has 0 spiro atoms. The number of carbonyl (C=O) groups is 1. The normalized spacial score (nSPS) is 10.8. The molecule has 0 radical (unpaired) electrons. The molecule has 0 aliphatic heterocycles. The maximum Gasteiger partial charge on any atom is 0.373 e. The average molecular weight is 249 g/mol. The fraction of sp³-hybridized carbons (Fsp3) is 0.417. The number of aryl methyl sites for hydroxylation is 3. The number of rotatable bonds is 4. The minimum absolute atomic E-state index is 0.0889. The van der Waals surface area contributed by atoms with Crippen molar-refractivity contribution < 1.29 is 14.3 Å². The maximum absolute atomic E-state index is 11.0. The van der Waals surface area contributed by atoms with E-state index in [1.54, 1.807) is 4.68 Å². The van der Waals surface area contributed by atoms with Crippen LogP contribution in [0.1, 0.15) is 35.8 Å². The first kappa shape index (κ1) is 12.3. The Kier molecular flexibility index (Phi) is 3.18. The molecule has 2 rings (SSSR count). The molecule has 0 aromatic carbocycles. The molecular weight excluding hydrogens is 234 g/mol. The largest absolute Gasteiger partial charge is 0.475 e. The van der Waals surface area contributed by atoms with E-state index < -0.39 is 5.97 Å². The second kappa shape index (κ2) is 4.64. The van der Waals surface area contributed by atoms with Crippen molar-refractivity contribution in [1.82, 2.24) is 14.8 Å². The van der Waals surface area contributed by atoms with Crippen molar-refractivity contribution in [2.75, 3.05) is 0 Å². The summed E-state index contributed by atoms with van der Waals surface area (Å²) in [5, 5.41) is 13.3. The topological polar surface area (TPSA) is 81.2 Å². The Hall–Kier alpha value is -2.11. The molecule has 0 bridgehead atoms. The SMILES string of the molecule is CCc1nc(-c2cc(C)nn2CC)oc1C(=O)O. The fourth-order valence-corrected chi connectivity index (χ4v) is 1.83. The van der Waals surface area contributed by atoms with Gasteiger partial charge in [0.15, 0.2) is 0 Å². The lowest BCUT2D eigenvalue weighted by atomic mass is 10.3. The van der Waals surface area contributed by atoms with Gasteiger partial charge in [-0.05, 0) is 26.3 Å². The van der Waals surface area contributed by atoms with E-state index in [0.29, 0.717) is 30.2 Å². The zero-order valence-corrected chi connectivity index (χ0v) is 10.6. The van der Waals surface area contributed by atoms with Gasteiger partial charge < -0.3 is 9.52 Å². The summed E-state index contributed by atoms with van der Waals surface area (Å²) < 4.78 is 7.08. The van der Waals surface area contributed by atoms with Gasteiger partial charge in [0, 0.05) is 6.54 Å². The van der Waals surface area contributed by atoms with Crippen LogP contribution in [0.4, 0.5) is 0 Å². The Morgan fingerprint density at radius 1 is 1.50 bits per heavy atom. The summed E-state index contributed by atoms with van der Waals surface area (Å²) in [4.78, 5) is 15.3. The molecular formula is C12H15N3O3. The van der Waals surface area contributed by atoms with Crippen LogP contribution in [0.15, 0.2) is 10.5 Å². The summed E-state index contributed by atoms with van der Waals surface area (Å²) in [6, 6.07) is 1.83. The number of aromatic nitrogens is 3. The van der Waals surface area contributed by atoms with E-state index in [1.165, 1.54) is 0 Å². The van der Waals surface area contributed by atoms with Gasteiger partial charge in [-0.3, -0.25) is 4.68 Å². The average Bonchev–Trinajstić information content (AvgIpc) is 2.91. The van der Waals surface area contributed by atoms with Crippen LogP contribution in [-0.2, 0) is 13.0 Å². The number of oxazole rings is 1. The van der Waals surface area contributed by atoms with Gasteiger partial charge in [-0.25, -0.2) is 9.78 Å². The minimum atomic E-state index is -1.09. The van der Waals surface area contributed by atoms with Gasteiger partial charge in [-0.15, -0.1) is 0 Å². The molecule has 0 fully saturated rings. The Morgan fingerprint density at radius 3 is 2.72 bits per heavy atom. The first-order valence-electron chi connectivity index (χ1n) is 5.84. The summed E-state index contributed by atoms with van der Waals surface area (Å²) in [5.41, 5.74) is 2.01. The van der Waals surface area contributed by atoms with Gasteiger partial charge in [-0.1, -0.05) is 6.92 Å². The van der Waals surface area contributed by atoms with Gasteiger partial charge in [0.05, 0.1) is 11.4 Å². The van der Waals surface area contributed by atoms with E-state index in [9.17, 15) is 4.79 Å². The highest BCUT2D eigenvalue weighted by Crippen LogP contribution is 2.23. The van der Waals surface area contributed by atoms with Crippen LogP contribution in [0.5, 0.6) is 0 Å². The first-order chi connectivity index (χ1) is 8.56. The van der Waals surface area contributed by atoms with E-state index in [0.717, 1.165) is 5.69 Å². The zero-order valence-electron chi connectivity index (χ0n) is 10.6. The summed E-state index contributed by atoms with van der Waals surface area (Å²) in [7, 11) is 0. The molecule has 0 unspecified atom stereocenters. The van der Waals surface area contributed by atoms with Crippen molar-refractivity contribution >= 4 is 5.97 Å². The van der Waals surface area contributed by atoms with Crippen molar-refractivity contribution in [2.24, 2.45) is 0 Å². The van der Waals surface area contributed by atoms with Crippen molar-refractivity contribution in [3.05, 3.63) is 23.2 Å². The lowest BCUT2D eigenvalue weighted by Gasteiger charge is -1.98. The van der Waals surface area contributed by atoms with Crippen molar-refractivity contribution in [3.8, 4) is 11.6 Å². The van der Waals surface area contributed by atoms with Gasteiger partial charge >= 0.3 is 5.97 Å². The number of carboxylic acid groups (broad SMARTS) is 1. The Bertz CT molecular complexity index is 583. The van der Waals surface area contributed by atoms with Gasteiger partial charge in [-0.2, -0.15) is 5.10 Å². The predicted molar refractivity (Wildman–Crippen MR) is 64.5 cm³/mol. The van der Waals surface area contributed by atoms with Crippen molar-refractivity contribution in [2.45, 2.75) is 33.7 Å². The molecule has 0 aliphatic carbocycles. The monoisotopic (exact) mass is 249 g/mol. The van der Waals surface area contributed by atoms with Crippen LogP contribution < -0.4 is 0 Å². The van der Waals surface area contributed by atoms with E-state index >= 15 is 0 Å². The molecule has 0 saturated heterocycles. The molecule has 18 heavy (non-hydrogen) atoms. The molecule has 2 aromatic heterocycles. The predicted octanol–water partition coefficient (Wildman–Crippen LogP) is 2.13. The molecule has 0 amide bonds. The number of hydrogen-bond donors (Lipinski definition) is 1. The van der Waals surface area contributed by atoms with E-state index in [2.05, 4.69) is 10.1 Å². The van der Waals surface area contributed by atoms with E-state index in [4.69, 9.17) is 9.52 Å². The summed E-state index contributed by atoms with van der Waals surface area (Å²) in [6.45, 7) is 6.35. The third-order valence-corrected chi connectivity index (χ3v) is 2.65. The number of hydrogen-bond acceptors (Lipinski definition) is 4. The van der Waals surface area contributed by atoms with Crippen LogP contribution in [0.3, 0.4) is 0 Å². The Labute approximate surface area is 104 Å². The summed E-state index contributed by atoms with van der Waals surface area (Å²) in [5.74, 6) is -0.870. The summed E-state index contributed by atoms with van der Waals surface area (Å²) >= 11 is 0. The van der Waals surface area contributed by atoms with Crippen LogP contribution in [0.25, 0.3) is 11.6 Å². The zero-order chi connectivity index (χ0) is 13.3. The molecule has 96 valence electrons. The van der Waals surface area contributed by atoms with Crippen molar-refractivity contribution in [3.63, 3.8) is 0 Å². The lowest BCUT2D eigenvalue weighted by Crippen LogP contribution is -1.99. The van der Waals surface area contributed by atoms with E-state index in [1.807, 2.05) is 26.8 Å². The standard InChI is InChI=1S/C12H15N3O3/c1-4-8-10(12(16)17)18-11(13-8)9-6-7(3)14-15(9)5-2/h6H,4-5H2,1-3H3,(H,16,17). The molecule has 0 saturated carbocycles. The van der Waals surface area contributed by atoms with Gasteiger partial charge in [0.2, 0.25) is 11.7 Å². The number of aromatic carboxylic acids is 1. The molecule has 2 heterocycles. The molecule has 0 atom stereocenters. The highest BCUT2D eigenvalue weighted by molar-refractivity contribution is 5.86. The smallest absolute Gasteiger partial charge is 0.373 e.